The van der Waals surface area contributed by atoms with Gasteiger partial charge < -0.3 is 10.2 Å². The van der Waals surface area contributed by atoms with Gasteiger partial charge in [0.1, 0.15) is 7.11 Å². The number of oxime groups is 1. The molecule has 0 bridgehead atoms. The summed E-state index contributed by atoms with van der Waals surface area (Å²) < 4.78 is 0. The van der Waals surface area contributed by atoms with Crippen LogP contribution < -0.4 is 5.32 Å². The number of rotatable bonds is 4. The minimum absolute atomic E-state index is 0.844. The zero-order chi connectivity index (χ0) is 12.8. The number of hydrogen-bond acceptors (Lipinski definition) is 3. The molecule has 0 spiro atoms. The minimum Gasteiger partial charge on any atom is -0.399 e. The van der Waals surface area contributed by atoms with Crippen LogP contribution >= 0.6 is 0 Å². The van der Waals surface area contributed by atoms with E-state index >= 15 is 0 Å². The molecule has 0 saturated heterocycles. The van der Waals surface area contributed by atoms with Gasteiger partial charge in [-0.3, -0.25) is 0 Å². The van der Waals surface area contributed by atoms with Crippen LogP contribution in [0.1, 0.15) is 12.5 Å². The van der Waals surface area contributed by atoms with Crippen LogP contribution in [0, 0.1) is 0 Å². The third-order valence-corrected chi connectivity index (χ3v) is 2.60. The average Bonchev–Trinajstić information content (AvgIpc) is 2.41. The largest absolute Gasteiger partial charge is 0.399 e. The van der Waals surface area contributed by atoms with E-state index < -0.39 is 0 Å². The fraction of sp³-hybridized carbons (Fsp3) is 0.133. The monoisotopic (exact) mass is 240 g/mol. The first-order valence-electron chi connectivity index (χ1n) is 5.80. The quantitative estimate of drug-likeness (QED) is 0.651. The first kappa shape index (κ1) is 12.2. The summed E-state index contributed by atoms with van der Waals surface area (Å²) in [5.74, 6) is 0. The number of nitrogens with zero attached hydrogens (tertiary/aromatic N) is 1. The molecule has 2 aromatic carbocycles. The van der Waals surface area contributed by atoms with Crippen molar-refractivity contribution in [1.29, 1.82) is 0 Å². The Balaban J connectivity index is 2.31. The van der Waals surface area contributed by atoms with E-state index in [2.05, 4.69) is 10.5 Å². The lowest BCUT2D eigenvalue weighted by molar-refractivity contribution is 0.213. The van der Waals surface area contributed by atoms with E-state index in [0.29, 0.717) is 0 Å². The molecule has 0 fully saturated rings. The van der Waals surface area contributed by atoms with E-state index in [1.807, 2.05) is 61.5 Å². The summed E-state index contributed by atoms with van der Waals surface area (Å²) in [7, 11) is 1.55. The molecule has 2 rings (SSSR count). The zero-order valence-electron chi connectivity index (χ0n) is 10.6. The molecule has 18 heavy (non-hydrogen) atoms. The number of anilines is 2. The van der Waals surface area contributed by atoms with Crippen molar-refractivity contribution in [3.8, 4) is 0 Å². The maximum Gasteiger partial charge on any atom is 0.106 e. The van der Waals surface area contributed by atoms with Crippen LogP contribution in [-0.4, -0.2) is 12.8 Å². The van der Waals surface area contributed by atoms with E-state index in [1.54, 1.807) is 7.11 Å². The molecule has 0 radical (unpaired) electrons. The molecule has 2 aromatic rings. The van der Waals surface area contributed by atoms with Crippen molar-refractivity contribution in [3.63, 3.8) is 0 Å². The van der Waals surface area contributed by atoms with Gasteiger partial charge >= 0.3 is 0 Å². The lowest BCUT2D eigenvalue weighted by atomic mass is 10.1. The molecule has 0 heterocycles. The lowest BCUT2D eigenvalue weighted by Gasteiger charge is -2.11. The topological polar surface area (TPSA) is 33.6 Å². The van der Waals surface area contributed by atoms with Gasteiger partial charge in [0.2, 0.25) is 0 Å². The fourth-order valence-electron chi connectivity index (χ4n) is 1.77. The molecular formula is C15H16N2O. The van der Waals surface area contributed by atoms with Crippen molar-refractivity contribution in [1.82, 2.24) is 0 Å². The second-order valence-electron chi connectivity index (χ2n) is 3.90. The summed E-state index contributed by atoms with van der Waals surface area (Å²) in [4.78, 5) is 4.82. The van der Waals surface area contributed by atoms with Crippen molar-refractivity contribution in [2.75, 3.05) is 12.4 Å². The first-order chi connectivity index (χ1) is 8.81. The Hall–Kier alpha value is -2.29. The summed E-state index contributed by atoms with van der Waals surface area (Å²) >= 11 is 0. The van der Waals surface area contributed by atoms with Crippen LogP contribution in [0.4, 0.5) is 11.4 Å². The summed E-state index contributed by atoms with van der Waals surface area (Å²) in [6.07, 6.45) is 0. The minimum atomic E-state index is 0.844. The molecule has 3 nitrogen and oxygen atoms in total. The number of hydrogen-bond donors (Lipinski definition) is 1. The third kappa shape index (κ3) is 2.88. The molecule has 0 aliphatic rings. The summed E-state index contributed by atoms with van der Waals surface area (Å²) in [5.41, 5.74) is 3.94. The number of para-hydroxylation sites is 2. The molecule has 3 heteroatoms. The smallest absolute Gasteiger partial charge is 0.106 e. The predicted octanol–water partition coefficient (Wildman–Crippen LogP) is 3.80. The van der Waals surface area contributed by atoms with Gasteiger partial charge in [-0.25, -0.2) is 0 Å². The van der Waals surface area contributed by atoms with E-state index in [0.717, 1.165) is 22.6 Å². The van der Waals surface area contributed by atoms with Crippen molar-refractivity contribution in [3.05, 3.63) is 60.2 Å². The molecular weight excluding hydrogens is 224 g/mol. The van der Waals surface area contributed by atoms with E-state index in [9.17, 15) is 0 Å². The van der Waals surface area contributed by atoms with Gasteiger partial charge in [-0.05, 0) is 25.1 Å². The summed E-state index contributed by atoms with van der Waals surface area (Å²) in [6.45, 7) is 1.93. The molecule has 0 amide bonds. The molecule has 0 aliphatic heterocycles. The van der Waals surface area contributed by atoms with Crippen LogP contribution in [0.2, 0.25) is 0 Å². The molecule has 92 valence electrons. The Labute approximate surface area is 107 Å². The SMILES string of the molecule is CO/N=C(/C)c1ccccc1Nc1ccccc1. The molecule has 0 saturated carbocycles. The predicted molar refractivity (Wildman–Crippen MR) is 75.4 cm³/mol. The number of benzene rings is 2. The highest BCUT2D eigenvalue weighted by atomic mass is 16.6. The second-order valence-corrected chi connectivity index (χ2v) is 3.90. The van der Waals surface area contributed by atoms with Crippen molar-refractivity contribution < 1.29 is 4.84 Å². The van der Waals surface area contributed by atoms with Crippen LogP contribution in [-0.2, 0) is 4.84 Å². The molecule has 0 aromatic heterocycles. The normalized spacial score (nSPS) is 11.1. The highest BCUT2D eigenvalue weighted by Gasteiger charge is 2.05. The van der Waals surface area contributed by atoms with E-state index in [1.165, 1.54) is 0 Å². The zero-order valence-corrected chi connectivity index (χ0v) is 10.6. The second kappa shape index (κ2) is 5.87. The Morgan fingerprint density at radius 3 is 2.39 bits per heavy atom. The summed E-state index contributed by atoms with van der Waals surface area (Å²) in [6, 6.07) is 18.1. The van der Waals surface area contributed by atoms with Gasteiger partial charge in [0.05, 0.1) is 5.71 Å². The Morgan fingerprint density at radius 2 is 1.67 bits per heavy atom. The number of nitrogens with one attached hydrogen (secondary N) is 1. The standard InChI is InChI=1S/C15H16N2O/c1-12(17-18-2)14-10-6-7-11-15(14)16-13-8-4-3-5-9-13/h3-11,16H,1-2H3/b17-12-. The van der Waals surface area contributed by atoms with Crippen LogP contribution in [0.5, 0.6) is 0 Å². The van der Waals surface area contributed by atoms with E-state index in [-0.39, 0.29) is 0 Å². The van der Waals surface area contributed by atoms with Crippen LogP contribution in [0.15, 0.2) is 59.8 Å². The van der Waals surface area contributed by atoms with Gasteiger partial charge in [-0.2, -0.15) is 0 Å². The maximum absolute atomic E-state index is 4.82. The van der Waals surface area contributed by atoms with Crippen molar-refractivity contribution in [2.45, 2.75) is 6.92 Å². The Bertz CT molecular complexity index is 535. The van der Waals surface area contributed by atoms with E-state index in [4.69, 9.17) is 4.84 Å². The summed E-state index contributed by atoms with van der Waals surface area (Å²) in [5, 5.41) is 7.35. The third-order valence-electron chi connectivity index (χ3n) is 2.60. The highest BCUT2D eigenvalue weighted by Crippen LogP contribution is 2.21. The first-order valence-corrected chi connectivity index (χ1v) is 5.80. The molecule has 0 aliphatic carbocycles. The molecule has 1 N–H and O–H groups in total. The Kier molecular flexibility index (Phi) is 3.97. The fourth-order valence-corrected chi connectivity index (χ4v) is 1.77. The van der Waals surface area contributed by atoms with Gasteiger partial charge in [-0.1, -0.05) is 41.6 Å². The van der Waals surface area contributed by atoms with Gasteiger partial charge in [-0.15, -0.1) is 0 Å². The average molecular weight is 240 g/mol. The van der Waals surface area contributed by atoms with Crippen LogP contribution in [0.3, 0.4) is 0 Å². The van der Waals surface area contributed by atoms with Gasteiger partial charge in [0.25, 0.3) is 0 Å². The maximum atomic E-state index is 4.82. The Morgan fingerprint density at radius 1 is 1.00 bits per heavy atom. The highest BCUT2D eigenvalue weighted by molar-refractivity contribution is 6.03. The lowest BCUT2D eigenvalue weighted by Crippen LogP contribution is -2.01. The van der Waals surface area contributed by atoms with Crippen molar-refractivity contribution >= 4 is 17.1 Å². The van der Waals surface area contributed by atoms with Crippen LogP contribution in [0.25, 0.3) is 0 Å². The molecule has 0 atom stereocenters. The van der Waals surface area contributed by atoms with Gasteiger partial charge in [0, 0.05) is 16.9 Å². The van der Waals surface area contributed by atoms with Crippen molar-refractivity contribution in [2.24, 2.45) is 5.16 Å². The van der Waals surface area contributed by atoms with Gasteiger partial charge in [0.15, 0.2) is 0 Å². The molecule has 0 unspecified atom stereocenters.